The molecule has 0 radical (unpaired) electrons. The molecule has 3 rings (SSSR count). The molecule has 1 amide bonds. The molecule has 3 aromatic rings. The van der Waals surface area contributed by atoms with Crippen molar-refractivity contribution in [3.05, 3.63) is 64.7 Å². The average molecular weight is 388 g/mol. The second-order valence-corrected chi connectivity index (χ2v) is 6.62. The highest BCUT2D eigenvalue weighted by Crippen LogP contribution is 2.16. The van der Waals surface area contributed by atoms with Gasteiger partial charge in [-0.25, -0.2) is 4.68 Å². The fourth-order valence-corrected chi connectivity index (χ4v) is 2.70. The van der Waals surface area contributed by atoms with Gasteiger partial charge < -0.3 is 10.1 Å². The second kappa shape index (κ2) is 8.73. The van der Waals surface area contributed by atoms with E-state index in [1.165, 1.54) is 0 Å². The summed E-state index contributed by atoms with van der Waals surface area (Å²) in [5.74, 6) is 0.590. The summed E-state index contributed by atoms with van der Waals surface area (Å²) in [6.07, 6.45) is 4.26. The minimum atomic E-state index is -0.209. The van der Waals surface area contributed by atoms with Gasteiger partial charge >= 0.3 is 0 Å². The molecule has 0 saturated carbocycles. The van der Waals surface area contributed by atoms with Gasteiger partial charge in [-0.2, -0.15) is 10.2 Å². The Hall–Kier alpha value is -2.80. The van der Waals surface area contributed by atoms with Gasteiger partial charge in [0.05, 0.1) is 10.7 Å². The van der Waals surface area contributed by atoms with Crippen molar-refractivity contribution in [1.82, 2.24) is 24.9 Å². The van der Waals surface area contributed by atoms with E-state index in [4.69, 9.17) is 16.3 Å². The van der Waals surface area contributed by atoms with Crippen LogP contribution in [0.3, 0.4) is 0 Å². The summed E-state index contributed by atoms with van der Waals surface area (Å²) in [6.45, 7) is 5.31. The molecule has 142 valence electrons. The van der Waals surface area contributed by atoms with Crippen LogP contribution in [0.4, 0.5) is 0 Å². The molecule has 1 N–H and O–H groups in total. The van der Waals surface area contributed by atoms with Crippen LogP contribution >= 0.6 is 11.6 Å². The van der Waals surface area contributed by atoms with Crippen molar-refractivity contribution < 1.29 is 9.53 Å². The van der Waals surface area contributed by atoms with E-state index in [-0.39, 0.29) is 12.6 Å². The number of hydrogen-bond acceptors (Lipinski definition) is 4. The molecule has 0 unspecified atom stereocenters. The van der Waals surface area contributed by atoms with Gasteiger partial charge in [0, 0.05) is 25.5 Å². The summed E-state index contributed by atoms with van der Waals surface area (Å²) in [5.41, 5.74) is 2.22. The first-order valence-electron chi connectivity index (χ1n) is 8.72. The number of aromatic nitrogens is 4. The Kier molecular flexibility index (Phi) is 6.13. The summed E-state index contributed by atoms with van der Waals surface area (Å²) in [4.78, 5) is 12.2. The van der Waals surface area contributed by atoms with Crippen molar-refractivity contribution in [2.45, 2.75) is 33.5 Å². The van der Waals surface area contributed by atoms with Crippen LogP contribution in [-0.2, 0) is 13.3 Å². The lowest BCUT2D eigenvalue weighted by atomic mass is 10.2. The van der Waals surface area contributed by atoms with Gasteiger partial charge in [-0.05, 0) is 38.0 Å². The second-order valence-electron chi connectivity index (χ2n) is 6.21. The quantitative estimate of drug-likeness (QED) is 0.602. The van der Waals surface area contributed by atoms with Crippen molar-refractivity contribution in [2.24, 2.45) is 0 Å². The first-order chi connectivity index (χ1) is 13.0. The Balaban J connectivity index is 1.43. The first-order valence-corrected chi connectivity index (χ1v) is 9.10. The number of para-hydroxylation sites is 1. The number of rotatable bonds is 8. The van der Waals surface area contributed by atoms with Crippen LogP contribution in [0.25, 0.3) is 0 Å². The van der Waals surface area contributed by atoms with E-state index in [9.17, 15) is 4.79 Å². The van der Waals surface area contributed by atoms with Gasteiger partial charge in [-0.1, -0.05) is 29.8 Å². The highest BCUT2D eigenvalue weighted by molar-refractivity contribution is 6.31. The number of amides is 1. The Morgan fingerprint density at radius 2 is 2.00 bits per heavy atom. The number of hydrogen-bond donors (Lipinski definition) is 1. The van der Waals surface area contributed by atoms with E-state index in [2.05, 4.69) is 15.5 Å². The third-order valence-electron chi connectivity index (χ3n) is 4.06. The van der Waals surface area contributed by atoms with Crippen molar-refractivity contribution in [3.63, 3.8) is 0 Å². The molecular weight excluding hydrogens is 366 g/mol. The SMILES string of the molecule is Cc1ccccc1OCn1ccc(C(=O)NCCCn2cc(Cl)c(C)n2)n1. The smallest absolute Gasteiger partial charge is 0.271 e. The minimum absolute atomic E-state index is 0.209. The summed E-state index contributed by atoms with van der Waals surface area (Å²) in [7, 11) is 0. The number of carbonyl (C=O) groups is 1. The lowest BCUT2D eigenvalue weighted by Gasteiger charge is -2.08. The molecule has 7 nitrogen and oxygen atoms in total. The number of carbonyl (C=O) groups excluding carboxylic acids is 1. The van der Waals surface area contributed by atoms with Gasteiger partial charge in [0.1, 0.15) is 11.4 Å². The van der Waals surface area contributed by atoms with Crippen molar-refractivity contribution in [2.75, 3.05) is 6.54 Å². The van der Waals surface area contributed by atoms with Crippen molar-refractivity contribution in [1.29, 1.82) is 0 Å². The summed E-state index contributed by atoms with van der Waals surface area (Å²) in [5, 5.41) is 12.0. The Morgan fingerprint density at radius 3 is 2.74 bits per heavy atom. The third-order valence-corrected chi connectivity index (χ3v) is 4.43. The molecular formula is C19H22ClN5O2. The largest absolute Gasteiger partial charge is 0.471 e. The maximum Gasteiger partial charge on any atom is 0.271 e. The van der Waals surface area contributed by atoms with Gasteiger partial charge in [-0.15, -0.1) is 0 Å². The molecule has 0 saturated heterocycles. The number of ether oxygens (including phenoxy) is 1. The lowest BCUT2D eigenvalue weighted by Crippen LogP contribution is -2.26. The van der Waals surface area contributed by atoms with Crippen molar-refractivity contribution >= 4 is 17.5 Å². The Bertz CT molecular complexity index is 899. The molecule has 0 bridgehead atoms. The highest BCUT2D eigenvalue weighted by atomic mass is 35.5. The number of benzene rings is 1. The zero-order valence-corrected chi connectivity index (χ0v) is 16.1. The van der Waals surface area contributed by atoms with Gasteiger partial charge in [0.15, 0.2) is 6.73 Å². The molecule has 1 aromatic carbocycles. The standard InChI is InChI=1S/C19H22ClN5O2/c1-14-6-3-4-7-18(14)27-13-25-11-8-17(23-25)19(26)21-9-5-10-24-12-16(20)15(2)22-24/h3-4,6-8,11-12H,5,9-10,13H2,1-2H3,(H,21,26). The normalized spacial score (nSPS) is 10.8. The van der Waals surface area contributed by atoms with Crippen LogP contribution in [0.15, 0.2) is 42.7 Å². The molecule has 0 aliphatic carbocycles. The molecule has 27 heavy (non-hydrogen) atoms. The van der Waals surface area contributed by atoms with E-state index in [1.54, 1.807) is 27.8 Å². The Labute approximate surface area is 162 Å². The van der Waals surface area contributed by atoms with Gasteiger partial charge in [0.25, 0.3) is 5.91 Å². The van der Waals surface area contributed by atoms with E-state index < -0.39 is 0 Å². The van der Waals surface area contributed by atoms with Gasteiger partial charge in [0.2, 0.25) is 0 Å². The summed E-state index contributed by atoms with van der Waals surface area (Å²) >= 11 is 5.97. The number of aryl methyl sites for hydroxylation is 3. The highest BCUT2D eigenvalue weighted by Gasteiger charge is 2.09. The lowest BCUT2D eigenvalue weighted by molar-refractivity contribution is 0.0945. The molecule has 2 heterocycles. The maximum atomic E-state index is 12.2. The van der Waals surface area contributed by atoms with Gasteiger partial charge in [-0.3, -0.25) is 9.48 Å². The molecule has 0 spiro atoms. The molecule has 0 fully saturated rings. The van der Waals surface area contributed by atoms with Crippen LogP contribution in [0.2, 0.25) is 5.02 Å². The molecule has 0 aliphatic rings. The molecule has 0 atom stereocenters. The predicted octanol–water partition coefficient (Wildman–Crippen LogP) is 3.21. The Morgan fingerprint density at radius 1 is 1.19 bits per heavy atom. The van der Waals surface area contributed by atoms with E-state index in [0.29, 0.717) is 23.8 Å². The van der Waals surface area contributed by atoms with E-state index in [1.807, 2.05) is 38.1 Å². The third kappa shape index (κ3) is 5.10. The van der Waals surface area contributed by atoms with E-state index >= 15 is 0 Å². The summed E-state index contributed by atoms with van der Waals surface area (Å²) in [6, 6.07) is 9.44. The van der Waals surface area contributed by atoms with E-state index in [0.717, 1.165) is 23.4 Å². The van der Waals surface area contributed by atoms with Crippen molar-refractivity contribution in [3.8, 4) is 5.75 Å². The molecule has 8 heteroatoms. The monoisotopic (exact) mass is 387 g/mol. The average Bonchev–Trinajstić information content (AvgIpc) is 3.25. The number of halogens is 1. The van der Waals surface area contributed by atoms with Crippen LogP contribution in [0.5, 0.6) is 5.75 Å². The zero-order valence-electron chi connectivity index (χ0n) is 15.4. The summed E-state index contributed by atoms with van der Waals surface area (Å²) < 4.78 is 9.10. The fourth-order valence-electron chi connectivity index (χ4n) is 2.55. The minimum Gasteiger partial charge on any atom is -0.471 e. The van der Waals surface area contributed by atoms with Crippen LogP contribution in [0, 0.1) is 13.8 Å². The first kappa shape index (κ1) is 19.0. The van der Waals surface area contributed by atoms with Crippen LogP contribution in [-0.4, -0.2) is 32.0 Å². The molecule has 0 aliphatic heterocycles. The topological polar surface area (TPSA) is 74.0 Å². The number of nitrogens with one attached hydrogen (secondary N) is 1. The predicted molar refractivity (Wildman–Crippen MR) is 103 cm³/mol. The fraction of sp³-hybridized carbons (Fsp3) is 0.316. The molecule has 2 aromatic heterocycles. The number of nitrogens with zero attached hydrogens (tertiary/aromatic N) is 4. The zero-order chi connectivity index (χ0) is 19.2. The van der Waals surface area contributed by atoms with Crippen LogP contribution < -0.4 is 10.1 Å². The van der Waals surface area contributed by atoms with Crippen LogP contribution in [0.1, 0.15) is 28.2 Å². The maximum absolute atomic E-state index is 12.2.